The lowest BCUT2D eigenvalue weighted by Crippen LogP contribution is -2.53. The number of amides is 1. The van der Waals surface area contributed by atoms with Crippen molar-refractivity contribution in [1.82, 2.24) is 10.2 Å². The maximum Gasteiger partial charge on any atom is 0.311 e. The third kappa shape index (κ3) is 10.1. The Hall–Kier alpha value is -1.55. The van der Waals surface area contributed by atoms with Crippen LogP contribution in [-0.2, 0) is 28.6 Å². The molecule has 0 radical (unpaired) electrons. The number of Topliss-reactive ketones (excluding diaryl/α,β-unsaturated/α-hetero) is 1. The van der Waals surface area contributed by atoms with Crippen LogP contribution in [-0.4, -0.2) is 84.0 Å². The fourth-order valence-corrected chi connectivity index (χ4v) is 5.14. The van der Waals surface area contributed by atoms with Crippen LogP contribution in [0.2, 0.25) is 0 Å². The van der Waals surface area contributed by atoms with E-state index >= 15 is 0 Å². The second-order valence-corrected chi connectivity index (χ2v) is 11.3. The lowest BCUT2D eigenvalue weighted by atomic mass is 9.92. The summed E-state index contributed by atoms with van der Waals surface area (Å²) in [6, 6.07) is 0.162. The van der Waals surface area contributed by atoms with Gasteiger partial charge >= 0.3 is 5.97 Å². The number of nitrogens with zero attached hydrogens (tertiary/aromatic N) is 1. The van der Waals surface area contributed by atoms with E-state index in [0.29, 0.717) is 51.7 Å². The largest absolute Gasteiger partial charge is 0.465 e. The minimum atomic E-state index is -0.943. The Balaban J connectivity index is 2.02. The molecule has 36 heavy (non-hydrogen) atoms. The molecule has 2 fully saturated rings. The van der Waals surface area contributed by atoms with Crippen molar-refractivity contribution < 1.29 is 33.7 Å². The molecule has 2 heterocycles. The van der Waals surface area contributed by atoms with Crippen molar-refractivity contribution in [3.63, 3.8) is 0 Å². The first-order valence-corrected chi connectivity index (χ1v) is 13.6. The van der Waals surface area contributed by atoms with Crippen LogP contribution in [0, 0.1) is 11.8 Å². The van der Waals surface area contributed by atoms with Gasteiger partial charge in [-0.05, 0) is 53.4 Å². The molecule has 2 aliphatic heterocycles. The maximum absolute atomic E-state index is 12.8. The van der Waals surface area contributed by atoms with Crippen LogP contribution < -0.4 is 5.32 Å². The van der Waals surface area contributed by atoms with E-state index in [2.05, 4.69) is 17.1 Å². The Morgan fingerprint density at radius 3 is 2.50 bits per heavy atom. The number of esters is 1. The first-order valence-electron chi connectivity index (χ1n) is 13.6. The molecule has 0 aliphatic carbocycles. The van der Waals surface area contributed by atoms with Gasteiger partial charge in [-0.1, -0.05) is 19.8 Å². The first kappa shape index (κ1) is 30.7. The van der Waals surface area contributed by atoms with Crippen molar-refractivity contribution in [2.24, 2.45) is 11.8 Å². The number of rotatable bonds is 5. The van der Waals surface area contributed by atoms with Crippen LogP contribution in [0.4, 0.5) is 0 Å². The zero-order valence-corrected chi connectivity index (χ0v) is 23.1. The van der Waals surface area contributed by atoms with Gasteiger partial charge in [0.2, 0.25) is 5.91 Å². The number of aliphatic hydroxyl groups excluding tert-OH is 1. The monoisotopic (exact) mass is 512 g/mol. The number of cyclic esters (lactones) is 1. The first-order chi connectivity index (χ1) is 16.9. The van der Waals surface area contributed by atoms with Gasteiger partial charge in [-0.25, -0.2) is 0 Å². The van der Waals surface area contributed by atoms with Crippen LogP contribution in [0.15, 0.2) is 0 Å². The minimum absolute atomic E-state index is 0.0546. The Morgan fingerprint density at radius 2 is 1.81 bits per heavy atom. The van der Waals surface area contributed by atoms with Gasteiger partial charge in [-0.2, -0.15) is 0 Å². The second kappa shape index (κ2) is 14.4. The third-order valence-corrected chi connectivity index (χ3v) is 7.26. The molecule has 0 aromatic heterocycles. The van der Waals surface area contributed by atoms with Gasteiger partial charge < -0.3 is 24.6 Å². The lowest BCUT2D eigenvalue weighted by Gasteiger charge is -2.36. The van der Waals surface area contributed by atoms with Gasteiger partial charge in [0.1, 0.15) is 6.10 Å². The van der Waals surface area contributed by atoms with Crippen molar-refractivity contribution >= 4 is 17.7 Å². The molecule has 0 bridgehead atoms. The molecular weight excluding hydrogens is 464 g/mol. The Bertz CT molecular complexity index is 729. The predicted octanol–water partition coefficient (Wildman–Crippen LogP) is 2.82. The molecule has 2 rings (SSSR count). The summed E-state index contributed by atoms with van der Waals surface area (Å²) in [5.74, 6) is -1.18. The lowest BCUT2D eigenvalue weighted by molar-refractivity contribution is -0.190. The molecule has 2 N–H and O–H groups in total. The maximum atomic E-state index is 12.8. The second-order valence-electron chi connectivity index (χ2n) is 11.3. The topological polar surface area (TPSA) is 114 Å². The number of hydrogen-bond acceptors (Lipinski definition) is 8. The molecule has 0 aromatic carbocycles. The third-order valence-electron chi connectivity index (χ3n) is 7.26. The average Bonchev–Trinajstić information content (AvgIpc) is 2.95. The number of carbonyl (C=O) groups is 3. The molecule has 9 heteroatoms. The van der Waals surface area contributed by atoms with Crippen LogP contribution in [0.3, 0.4) is 0 Å². The minimum Gasteiger partial charge on any atom is -0.465 e. The molecule has 2 unspecified atom stereocenters. The van der Waals surface area contributed by atoms with Crippen LogP contribution in [0.25, 0.3) is 0 Å². The van der Waals surface area contributed by atoms with E-state index in [1.54, 1.807) is 0 Å². The Labute approximate surface area is 216 Å². The van der Waals surface area contributed by atoms with Gasteiger partial charge in [0, 0.05) is 43.9 Å². The van der Waals surface area contributed by atoms with E-state index in [4.69, 9.17) is 14.2 Å². The molecule has 1 amide bonds. The molecule has 208 valence electrons. The van der Waals surface area contributed by atoms with Crippen LogP contribution >= 0.6 is 0 Å². The summed E-state index contributed by atoms with van der Waals surface area (Å²) >= 11 is 0. The fraction of sp³-hybridized carbons (Fsp3) is 0.889. The van der Waals surface area contributed by atoms with Gasteiger partial charge in [0.25, 0.3) is 0 Å². The number of ketones is 1. The van der Waals surface area contributed by atoms with E-state index in [0.717, 1.165) is 13.0 Å². The van der Waals surface area contributed by atoms with Crippen molar-refractivity contribution in [1.29, 1.82) is 0 Å². The van der Waals surface area contributed by atoms with Crippen LogP contribution in [0.5, 0.6) is 0 Å². The Morgan fingerprint density at radius 1 is 1.11 bits per heavy atom. The predicted molar refractivity (Wildman–Crippen MR) is 136 cm³/mol. The molecular formula is C27H48N2O7. The molecule has 0 spiro atoms. The van der Waals surface area contributed by atoms with Crippen molar-refractivity contribution in [3.8, 4) is 0 Å². The van der Waals surface area contributed by atoms with Crippen molar-refractivity contribution in [2.75, 3.05) is 26.3 Å². The summed E-state index contributed by atoms with van der Waals surface area (Å²) < 4.78 is 17.9. The highest BCUT2D eigenvalue weighted by Crippen LogP contribution is 2.25. The summed E-state index contributed by atoms with van der Waals surface area (Å²) in [6.07, 6.45) is 2.45. The highest BCUT2D eigenvalue weighted by molar-refractivity contribution is 5.84. The SMILES string of the molecule is CC(=O)NC(C)(C)CN1CCO[C@@H](O[C@H]2CCCCC(O)C(=O)[C@H](C)CCCOC(=O)[C@@H]2C)CC1C. The smallest absolute Gasteiger partial charge is 0.311 e. The van der Waals surface area contributed by atoms with Gasteiger partial charge in [-0.15, -0.1) is 0 Å². The molecule has 2 aliphatic rings. The van der Waals surface area contributed by atoms with Crippen LogP contribution in [0.1, 0.15) is 86.5 Å². The molecule has 9 nitrogen and oxygen atoms in total. The molecule has 0 saturated carbocycles. The van der Waals surface area contributed by atoms with E-state index in [1.165, 1.54) is 6.92 Å². The summed E-state index contributed by atoms with van der Waals surface area (Å²) in [6.45, 7) is 13.5. The highest BCUT2D eigenvalue weighted by atomic mass is 16.7. The highest BCUT2D eigenvalue weighted by Gasteiger charge is 2.34. The Kier molecular flexibility index (Phi) is 12.3. The van der Waals surface area contributed by atoms with E-state index in [-0.39, 0.29) is 47.9 Å². The van der Waals surface area contributed by atoms with E-state index in [9.17, 15) is 19.5 Å². The number of ether oxygens (including phenoxy) is 3. The zero-order chi connectivity index (χ0) is 26.9. The van der Waals surface area contributed by atoms with E-state index < -0.39 is 18.3 Å². The summed E-state index contributed by atoms with van der Waals surface area (Å²) in [5, 5.41) is 13.3. The van der Waals surface area contributed by atoms with Gasteiger partial charge in [-0.3, -0.25) is 19.3 Å². The summed E-state index contributed by atoms with van der Waals surface area (Å²) in [5.41, 5.74) is -0.367. The number of hydrogen-bond donors (Lipinski definition) is 2. The average molecular weight is 513 g/mol. The molecule has 0 aromatic rings. The molecule has 2 saturated heterocycles. The van der Waals surface area contributed by atoms with Crippen molar-refractivity contribution in [3.05, 3.63) is 0 Å². The number of carbonyl (C=O) groups excluding carboxylic acids is 3. The summed E-state index contributed by atoms with van der Waals surface area (Å²) in [4.78, 5) is 39.0. The normalized spacial score (nSPS) is 32.8. The standard InChI is InChI=1S/C27H48N2O7/c1-18-10-9-14-35-26(33)20(3)23(12-8-7-11-22(31)25(18)32)36-24-16-19(2)29(13-15-34-24)17-27(5,6)28-21(4)30/h18-20,22-24,31H,7-17H2,1-6H3,(H,28,30)/t18-,19?,20-,22?,23+,24+/m1/s1. The quantitative estimate of drug-likeness (QED) is 0.541. The zero-order valence-electron chi connectivity index (χ0n) is 23.1. The fourth-order valence-electron chi connectivity index (χ4n) is 5.14. The van der Waals surface area contributed by atoms with Gasteiger partial charge in [0.15, 0.2) is 12.1 Å². The molecule has 6 atom stereocenters. The van der Waals surface area contributed by atoms with Crippen molar-refractivity contribution in [2.45, 2.75) is 117 Å². The van der Waals surface area contributed by atoms with E-state index in [1.807, 2.05) is 27.7 Å². The summed E-state index contributed by atoms with van der Waals surface area (Å²) in [7, 11) is 0. The van der Waals surface area contributed by atoms with Gasteiger partial charge in [0.05, 0.1) is 25.2 Å². The number of aliphatic hydroxyl groups is 1. The number of nitrogens with one attached hydrogen (secondary N) is 1.